The van der Waals surface area contributed by atoms with Crippen molar-refractivity contribution in [2.45, 2.75) is 58.9 Å². The zero-order valence-corrected chi connectivity index (χ0v) is 12.1. The summed E-state index contributed by atoms with van der Waals surface area (Å²) in [5, 5.41) is 3.70. The quantitative estimate of drug-likeness (QED) is 0.693. The Balaban J connectivity index is 2.21. The first kappa shape index (κ1) is 14.4. The Morgan fingerprint density at radius 3 is 2.44 bits per heavy atom. The van der Waals surface area contributed by atoms with Crippen LogP contribution in [0.25, 0.3) is 0 Å². The van der Waals surface area contributed by atoms with Crippen LogP contribution in [0.2, 0.25) is 0 Å². The molecule has 2 unspecified atom stereocenters. The van der Waals surface area contributed by atoms with Crippen molar-refractivity contribution >= 4 is 11.8 Å². The molecule has 1 aliphatic carbocycles. The van der Waals surface area contributed by atoms with Gasteiger partial charge in [-0.25, -0.2) is 0 Å². The monoisotopic (exact) mass is 243 g/mol. The van der Waals surface area contributed by atoms with E-state index in [9.17, 15) is 0 Å². The van der Waals surface area contributed by atoms with Gasteiger partial charge in [0, 0.05) is 11.8 Å². The molecule has 1 saturated carbocycles. The van der Waals surface area contributed by atoms with Gasteiger partial charge in [-0.05, 0) is 37.0 Å². The summed E-state index contributed by atoms with van der Waals surface area (Å²) < 4.78 is 0. The fourth-order valence-corrected chi connectivity index (χ4v) is 3.92. The maximum absolute atomic E-state index is 3.70. The fraction of sp³-hybridized carbons (Fsp3) is 1.00. The summed E-state index contributed by atoms with van der Waals surface area (Å²) in [4.78, 5) is 0. The summed E-state index contributed by atoms with van der Waals surface area (Å²) in [6, 6.07) is 0.779. The molecule has 0 spiro atoms. The summed E-state index contributed by atoms with van der Waals surface area (Å²) in [5.41, 5.74) is 0. The molecule has 0 saturated heterocycles. The van der Waals surface area contributed by atoms with Gasteiger partial charge in [-0.3, -0.25) is 0 Å². The smallest absolute Gasteiger partial charge is 0.0186 e. The van der Waals surface area contributed by atoms with E-state index in [-0.39, 0.29) is 0 Å². The van der Waals surface area contributed by atoms with Crippen LogP contribution in [0.4, 0.5) is 0 Å². The van der Waals surface area contributed by atoms with Gasteiger partial charge < -0.3 is 5.32 Å². The first-order valence-electron chi connectivity index (χ1n) is 7.09. The van der Waals surface area contributed by atoms with Crippen LogP contribution < -0.4 is 5.32 Å². The van der Waals surface area contributed by atoms with Gasteiger partial charge in [0.2, 0.25) is 0 Å². The van der Waals surface area contributed by atoms with Gasteiger partial charge in [-0.15, -0.1) is 0 Å². The molecular weight excluding hydrogens is 214 g/mol. The molecular formula is C14H29NS. The predicted octanol–water partition coefficient (Wildman–Crippen LogP) is 3.93. The number of nitrogens with one attached hydrogen (secondary N) is 1. The van der Waals surface area contributed by atoms with E-state index in [0.717, 1.165) is 24.4 Å². The Morgan fingerprint density at radius 1 is 1.19 bits per heavy atom. The van der Waals surface area contributed by atoms with E-state index < -0.39 is 0 Å². The Kier molecular flexibility index (Phi) is 7.55. The third kappa shape index (κ3) is 5.09. The molecule has 0 bridgehead atoms. The van der Waals surface area contributed by atoms with E-state index in [2.05, 4.69) is 37.8 Å². The normalized spacial score (nSPS) is 21.2. The molecule has 1 aliphatic rings. The summed E-state index contributed by atoms with van der Waals surface area (Å²) in [7, 11) is 0. The third-order valence-electron chi connectivity index (χ3n) is 3.83. The standard InChI is InChI=1S/C14H29NS/c1-4-12(3)10-16-11-14(15-5-2)13-8-6-7-9-13/h12-15H,4-11H2,1-3H3. The fourth-order valence-electron chi connectivity index (χ4n) is 2.50. The van der Waals surface area contributed by atoms with Crippen molar-refractivity contribution in [3.63, 3.8) is 0 Å². The number of thioether (sulfide) groups is 1. The van der Waals surface area contributed by atoms with Crippen molar-refractivity contribution in [2.24, 2.45) is 11.8 Å². The summed E-state index contributed by atoms with van der Waals surface area (Å²) in [6.07, 6.45) is 7.16. The third-order valence-corrected chi connectivity index (χ3v) is 5.23. The lowest BCUT2D eigenvalue weighted by atomic mass is 10.00. The molecule has 1 rings (SSSR count). The molecule has 0 aliphatic heterocycles. The van der Waals surface area contributed by atoms with E-state index in [1.807, 2.05) is 0 Å². The van der Waals surface area contributed by atoms with Crippen molar-refractivity contribution in [2.75, 3.05) is 18.1 Å². The Bertz CT molecular complexity index is 166. The number of rotatable bonds is 8. The minimum atomic E-state index is 0.779. The topological polar surface area (TPSA) is 12.0 Å². The summed E-state index contributed by atoms with van der Waals surface area (Å²) in [6.45, 7) is 8.03. The first-order valence-corrected chi connectivity index (χ1v) is 8.24. The Labute approximate surface area is 106 Å². The molecule has 1 fully saturated rings. The number of hydrogen-bond donors (Lipinski definition) is 1. The van der Waals surface area contributed by atoms with E-state index in [1.165, 1.54) is 43.6 Å². The van der Waals surface area contributed by atoms with Crippen molar-refractivity contribution < 1.29 is 0 Å². The maximum Gasteiger partial charge on any atom is 0.0186 e. The lowest BCUT2D eigenvalue weighted by Gasteiger charge is -2.24. The second-order valence-electron chi connectivity index (χ2n) is 5.26. The second-order valence-corrected chi connectivity index (χ2v) is 6.33. The minimum Gasteiger partial charge on any atom is -0.313 e. The SMILES string of the molecule is CCNC(CSCC(C)CC)C1CCCC1. The lowest BCUT2D eigenvalue weighted by molar-refractivity contribution is 0.394. The van der Waals surface area contributed by atoms with Gasteiger partial charge in [-0.1, -0.05) is 40.0 Å². The number of hydrogen-bond acceptors (Lipinski definition) is 2. The van der Waals surface area contributed by atoms with Crippen molar-refractivity contribution in [1.82, 2.24) is 5.32 Å². The Hall–Kier alpha value is 0.310. The highest BCUT2D eigenvalue weighted by Crippen LogP contribution is 2.29. The average molecular weight is 243 g/mol. The largest absolute Gasteiger partial charge is 0.313 e. The Morgan fingerprint density at radius 2 is 1.88 bits per heavy atom. The van der Waals surface area contributed by atoms with E-state index in [0.29, 0.717) is 0 Å². The van der Waals surface area contributed by atoms with Gasteiger partial charge in [0.05, 0.1) is 0 Å². The van der Waals surface area contributed by atoms with Gasteiger partial charge >= 0.3 is 0 Å². The molecule has 0 amide bonds. The van der Waals surface area contributed by atoms with Crippen LogP contribution >= 0.6 is 11.8 Å². The molecule has 2 heteroatoms. The van der Waals surface area contributed by atoms with E-state index in [4.69, 9.17) is 0 Å². The van der Waals surface area contributed by atoms with Crippen LogP contribution in [0, 0.1) is 11.8 Å². The van der Waals surface area contributed by atoms with Crippen molar-refractivity contribution in [3.05, 3.63) is 0 Å². The molecule has 16 heavy (non-hydrogen) atoms. The van der Waals surface area contributed by atoms with Crippen LogP contribution in [-0.4, -0.2) is 24.1 Å². The first-order chi connectivity index (χ1) is 7.77. The zero-order chi connectivity index (χ0) is 11.8. The highest BCUT2D eigenvalue weighted by molar-refractivity contribution is 7.99. The molecule has 0 aromatic rings. The van der Waals surface area contributed by atoms with Gasteiger partial charge in [-0.2, -0.15) is 11.8 Å². The summed E-state index contributed by atoms with van der Waals surface area (Å²) in [5.74, 6) is 4.51. The molecule has 0 heterocycles. The highest BCUT2D eigenvalue weighted by atomic mass is 32.2. The van der Waals surface area contributed by atoms with Gasteiger partial charge in [0.15, 0.2) is 0 Å². The molecule has 0 radical (unpaired) electrons. The van der Waals surface area contributed by atoms with Crippen LogP contribution in [0.1, 0.15) is 52.9 Å². The molecule has 1 N–H and O–H groups in total. The predicted molar refractivity (Wildman–Crippen MR) is 76.2 cm³/mol. The minimum absolute atomic E-state index is 0.779. The van der Waals surface area contributed by atoms with Crippen molar-refractivity contribution in [1.29, 1.82) is 0 Å². The summed E-state index contributed by atoms with van der Waals surface area (Å²) >= 11 is 2.16. The van der Waals surface area contributed by atoms with E-state index in [1.54, 1.807) is 0 Å². The molecule has 1 nitrogen and oxygen atoms in total. The average Bonchev–Trinajstić information content (AvgIpc) is 2.81. The lowest BCUT2D eigenvalue weighted by Crippen LogP contribution is -2.37. The van der Waals surface area contributed by atoms with E-state index >= 15 is 0 Å². The van der Waals surface area contributed by atoms with Crippen molar-refractivity contribution in [3.8, 4) is 0 Å². The maximum atomic E-state index is 3.70. The molecule has 96 valence electrons. The van der Waals surface area contributed by atoms with Gasteiger partial charge in [0.1, 0.15) is 0 Å². The zero-order valence-electron chi connectivity index (χ0n) is 11.3. The molecule has 0 aromatic carbocycles. The van der Waals surface area contributed by atoms with Gasteiger partial charge in [0.25, 0.3) is 0 Å². The van der Waals surface area contributed by atoms with Crippen LogP contribution in [0.3, 0.4) is 0 Å². The highest BCUT2D eigenvalue weighted by Gasteiger charge is 2.24. The van der Waals surface area contributed by atoms with Crippen LogP contribution in [0.5, 0.6) is 0 Å². The van der Waals surface area contributed by atoms with Crippen LogP contribution in [0.15, 0.2) is 0 Å². The molecule has 2 atom stereocenters. The second kappa shape index (κ2) is 8.41. The van der Waals surface area contributed by atoms with Crippen LogP contribution in [-0.2, 0) is 0 Å². The molecule has 0 aromatic heterocycles.